The summed E-state index contributed by atoms with van der Waals surface area (Å²) in [4.78, 5) is 12.1. The summed E-state index contributed by atoms with van der Waals surface area (Å²) in [6.45, 7) is 1.82. The van der Waals surface area contributed by atoms with Crippen molar-refractivity contribution >= 4 is 21.9 Å². The Morgan fingerprint density at radius 1 is 1.42 bits per heavy atom. The third-order valence-corrected chi connectivity index (χ3v) is 4.19. The van der Waals surface area contributed by atoms with Crippen molar-refractivity contribution in [3.05, 3.63) is 51.4 Å². The van der Waals surface area contributed by atoms with Crippen LogP contribution in [0.5, 0.6) is 0 Å². The fraction of sp³-hybridized carbons (Fsp3) is 0.438. The molecule has 2 rings (SSSR count). The van der Waals surface area contributed by atoms with Gasteiger partial charge in [-0.25, -0.2) is 4.79 Å². The van der Waals surface area contributed by atoms with Crippen LogP contribution in [-0.4, -0.2) is 45.2 Å². The number of H-pyrrole nitrogens is 1. The number of carbonyl (C=O) groups is 1. The van der Waals surface area contributed by atoms with Crippen LogP contribution in [0.15, 0.2) is 34.9 Å². The molecule has 2 aromatic rings. The molecule has 0 spiro atoms. The molecule has 142 valence electrons. The van der Waals surface area contributed by atoms with E-state index in [9.17, 15) is 20.2 Å². The Hall–Kier alpha value is -2.01. The number of carbonyl (C=O) groups excluding carboxylic acids is 1. The zero-order chi connectivity index (χ0) is 19.1. The van der Waals surface area contributed by atoms with Gasteiger partial charge in [0, 0.05) is 15.6 Å². The summed E-state index contributed by atoms with van der Waals surface area (Å²) >= 11 is 3.36. The molecule has 1 unspecified atom stereocenters. The Balaban J connectivity index is 2.08. The molecule has 26 heavy (non-hydrogen) atoms. The molecule has 0 bridgehead atoms. The minimum absolute atomic E-state index is 0.0216. The number of halogens is 1. The molecule has 0 amide bonds. The summed E-state index contributed by atoms with van der Waals surface area (Å²) in [7, 11) is 0. The Bertz CT molecular complexity index is 709. The van der Waals surface area contributed by atoms with Crippen LogP contribution in [0.3, 0.4) is 0 Å². The van der Waals surface area contributed by atoms with Gasteiger partial charge in [-0.2, -0.15) is 4.85 Å². The summed E-state index contributed by atoms with van der Waals surface area (Å²) in [5.74, 6) is -0.721. The summed E-state index contributed by atoms with van der Waals surface area (Å²) in [5.41, 5.74) is 1.04. The minimum atomic E-state index is -1.33. The van der Waals surface area contributed by atoms with Crippen LogP contribution in [0.1, 0.15) is 30.8 Å². The van der Waals surface area contributed by atoms with Crippen LogP contribution < -0.4 is 10.2 Å². The van der Waals surface area contributed by atoms with Gasteiger partial charge in [0.25, 0.3) is 5.69 Å². The summed E-state index contributed by atoms with van der Waals surface area (Å²) < 4.78 is 5.74. The second kappa shape index (κ2) is 9.62. The molecule has 0 saturated heterocycles. The molecule has 0 saturated carbocycles. The zero-order valence-corrected chi connectivity index (χ0v) is 15.7. The fourth-order valence-corrected chi connectivity index (χ4v) is 2.71. The van der Waals surface area contributed by atoms with E-state index in [1.165, 1.54) is 0 Å². The van der Waals surface area contributed by atoms with Crippen molar-refractivity contribution in [2.24, 2.45) is 0 Å². The van der Waals surface area contributed by atoms with E-state index in [0.717, 1.165) is 16.2 Å². The van der Waals surface area contributed by atoms with Crippen LogP contribution in [-0.2, 0) is 16.0 Å². The van der Waals surface area contributed by atoms with Crippen LogP contribution in [0.25, 0.3) is 0 Å². The molecule has 9 nitrogen and oxygen atoms in total. The molecule has 0 aliphatic rings. The lowest BCUT2D eigenvalue weighted by atomic mass is 10.00. The first kappa shape index (κ1) is 20.3. The molecule has 3 atom stereocenters. The van der Waals surface area contributed by atoms with Crippen molar-refractivity contribution in [3.8, 4) is 0 Å². The highest BCUT2D eigenvalue weighted by atomic mass is 79.9. The van der Waals surface area contributed by atoms with Crippen LogP contribution in [0, 0.1) is 5.21 Å². The highest BCUT2D eigenvalue weighted by Crippen LogP contribution is 2.16. The SMILES string of the molecule is CCOC(=O)[C@H](O)C[C@@H](Cc1ccc(Br)cc1)NC(O)c1c[n+]([O-])[nH]n1. The van der Waals surface area contributed by atoms with Crippen molar-refractivity contribution in [2.75, 3.05) is 6.61 Å². The smallest absolute Gasteiger partial charge is 0.335 e. The second-order valence-electron chi connectivity index (χ2n) is 5.69. The number of nitrogens with zero attached hydrogens (tertiary/aromatic N) is 2. The maximum Gasteiger partial charge on any atom is 0.335 e. The van der Waals surface area contributed by atoms with E-state index in [0.29, 0.717) is 11.3 Å². The van der Waals surface area contributed by atoms with E-state index in [1.807, 2.05) is 24.3 Å². The molecule has 10 heteroatoms. The van der Waals surface area contributed by atoms with Gasteiger partial charge in [-0.1, -0.05) is 33.3 Å². The third-order valence-electron chi connectivity index (χ3n) is 3.66. The Morgan fingerprint density at radius 2 is 2.12 bits per heavy atom. The standard InChI is InChI=1S/C16H21BrN4O5/c1-2-26-16(24)14(22)8-12(7-10-3-5-11(17)6-4-10)18-15(23)13-9-21(25)20-19-13/h3-6,9,12,14-15,18,20,22-23H,2,7-8H2,1H3/t12-,14-,15?/m1/s1. The van der Waals surface area contributed by atoms with Crippen LogP contribution >= 0.6 is 15.9 Å². The van der Waals surface area contributed by atoms with Gasteiger partial charge in [0.1, 0.15) is 0 Å². The molecular weight excluding hydrogens is 408 g/mol. The fourth-order valence-electron chi connectivity index (χ4n) is 2.44. The number of hydrogen-bond donors (Lipinski definition) is 4. The molecule has 0 aliphatic carbocycles. The van der Waals surface area contributed by atoms with Gasteiger partial charge in [-0.3, -0.25) is 5.32 Å². The molecule has 1 aromatic heterocycles. The predicted octanol–water partition coefficient (Wildman–Crippen LogP) is 0.311. The van der Waals surface area contributed by atoms with Gasteiger partial charge < -0.3 is 20.2 Å². The monoisotopic (exact) mass is 428 g/mol. The molecule has 1 heterocycles. The first-order valence-electron chi connectivity index (χ1n) is 8.06. The average molecular weight is 429 g/mol. The van der Waals surface area contributed by atoms with Crippen molar-refractivity contribution in [1.82, 2.24) is 15.6 Å². The first-order valence-corrected chi connectivity index (χ1v) is 8.86. The minimum Gasteiger partial charge on any atom is -0.693 e. The summed E-state index contributed by atoms with van der Waals surface area (Å²) in [5, 5.41) is 40.1. The Labute approximate surface area is 158 Å². The van der Waals surface area contributed by atoms with E-state index >= 15 is 0 Å². The summed E-state index contributed by atoms with van der Waals surface area (Å²) in [6, 6.07) is 7.06. The van der Waals surface area contributed by atoms with E-state index in [2.05, 4.69) is 31.6 Å². The van der Waals surface area contributed by atoms with Crippen molar-refractivity contribution in [3.63, 3.8) is 0 Å². The number of aromatic nitrogens is 3. The lowest BCUT2D eigenvalue weighted by Gasteiger charge is -2.22. The number of aromatic amines is 1. The van der Waals surface area contributed by atoms with Gasteiger partial charge in [0.05, 0.1) is 6.61 Å². The van der Waals surface area contributed by atoms with Gasteiger partial charge in [0.15, 0.2) is 18.5 Å². The number of benzene rings is 1. The number of ether oxygens (including phenoxy) is 1. The van der Waals surface area contributed by atoms with Gasteiger partial charge in [-0.15, -0.1) is 0 Å². The van der Waals surface area contributed by atoms with E-state index in [-0.39, 0.29) is 18.7 Å². The highest BCUT2D eigenvalue weighted by Gasteiger charge is 2.26. The number of hydrogen-bond acceptors (Lipinski definition) is 7. The number of aliphatic hydroxyl groups excluding tert-OH is 2. The normalized spacial score (nSPS) is 14.6. The van der Waals surface area contributed by atoms with Crippen LogP contribution in [0.2, 0.25) is 0 Å². The van der Waals surface area contributed by atoms with Gasteiger partial charge in [-0.05, 0) is 37.5 Å². The molecule has 0 aliphatic heterocycles. The van der Waals surface area contributed by atoms with Crippen molar-refractivity contribution < 1.29 is 24.6 Å². The maximum absolute atomic E-state index is 11.7. The first-order chi connectivity index (χ1) is 12.4. The number of nitrogens with one attached hydrogen (secondary N) is 2. The predicted molar refractivity (Wildman–Crippen MR) is 94.5 cm³/mol. The van der Waals surface area contributed by atoms with Crippen molar-refractivity contribution in [2.45, 2.75) is 38.1 Å². The van der Waals surface area contributed by atoms with Gasteiger partial charge >= 0.3 is 5.97 Å². The molecular formula is C16H21BrN4O5. The second-order valence-corrected chi connectivity index (χ2v) is 6.61. The average Bonchev–Trinajstić information content (AvgIpc) is 3.03. The number of aliphatic hydroxyl groups is 2. The third kappa shape index (κ3) is 6.06. The summed E-state index contributed by atoms with van der Waals surface area (Å²) in [6.07, 6.45) is -1.03. The molecule has 1 aromatic carbocycles. The van der Waals surface area contributed by atoms with Crippen LogP contribution in [0.4, 0.5) is 0 Å². The lowest BCUT2D eigenvalue weighted by molar-refractivity contribution is -0.669. The number of rotatable bonds is 9. The zero-order valence-electron chi connectivity index (χ0n) is 14.1. The number of esters is 1. The maximum atomic E-state index is 11.7. The van der Waals surface area contributed by atoms with E-state index in [1.54, 1.807) is 6.92 Å². The molecule has 0 fully saturated rings. The highest BCUT2D eigenvalue weighted by molar-refractivity contribution is 9.10. The topological polar surface area (TPSA) is 134 Å². The van der Waals surface area contributed by atoms with E-state index in [4.69, 9.17) is 4.74 Å². The molecule has 4 N–H and O–H groups in total. The van der Waals surface area contributed by atoms with Crippen molar-refractivity contribution in [1.29, 1.82) is 0 Å². The Kier molecular flexibility index (Phi) is 7.51. The Morgan fingerprint density at radius 3 is 2.69 bits per heavy atom. The largest absolute Gasteiger partial charge is 0.693 e. The quantitative estimate of drug-likeness (QED) is 0.195. The lowest BCUT2D eigenvalue weighted by Crippen LogP contribution is -2.40. The molecule has 0 radical (unpaired) electrons. The van der Waals surface area contributed by atoms with E-state index < -0.39 is 24.3 Å². The van der Waals surface area contributed by atoms with Gasteiger partial charge in [0.2, 0.25) is 0 Å².